The van der Waals surface area contributed by atoms with E-state index >= 15 is 0 Å². The summed E-state index contributed by atoms with van der Waals surface area (Å²) in [6.45, 7) is 6.83. The monoisotopic (exact) mass is 234 g/mol. The molecule has 0 aliphatic carbocycles. The van der Waals surface area contributed by atoms with Gasteiger partial charge in [-0.05, 0) is 26.7 Å². The number of nitrogens with two attached hydrogens (primary N) is 1. The molecular weight excluding hydrogens is 212 g/mol. The lowest BCUT2D eigenvalue weighted by Crippen LogP contribution is -2.24. The number of hydrogen-bond donors (Lipinski definition) is 1. The van der Waals surface area contributed by atoms with Crippen LogP contribution in [0.25, 0.3) is 0 Å². The van der Waals surface area contributed by atoms with Gasteiger partial charge in [0.1, 0.15) is 5.82 Å². The Morgan fingerprint density at radius 1 is 1.59 bits per heavy atom. The second-order valence-electron chi connectivity index (χ2n) is 5.16. The second-order valence-corrected chi connectivity index (χ2v) is 5.16. The summed E-state index contributed by atoms with van der Waals surface area (Å²) in [5, 5.41) is 8.98. The molecule has 0 aliphatic heterocycles. The molecule has 1 rings (SSSR count). The maximum absolute atomic E-state index is 8.98. The van der Waals surface area contributed by atoms with E-state index in [9.17, 15) is 0 Å². The lowest BCUT2D eigenvalue weighted by atomic mass is 9.91. The van der Waals surface area contributed by atoms with E-state index in [4.69, 9.17) is 11.0 Å². The number of hydrogen-bond acceptors (Lipinski definition) is 3. The number of aryl methyl sites for hydroxylation is 1. The van der Waals surface area contributed by atoms with Crippen LogP contribution >= 0.6 is 0 Å². The summed E-state index contributed by atoms with van der Waals surface area (Å²) in [5.41, 5.74) is 5.65. The highest BCUT2D eigenvalue weighted by molar-refractivity contribution is 4.97. The van der Waals surface area contributed by atoms with Crippen molar-refractivity contribution in [3.63, 3.8) is 0 Å². The number of aromatic nitrogens is 2. The van der Waals surface area contributed by atoms with E-state index in [1.807, 2.05) is 20.0 Å². The quantitative estimate of drug-likeness (QED) is 0.819. The Labute approximate surface area is 103 Å². The summed E-state index contributed by atoms with van der Waals surface area (Å²) in [4.78, 5) is 4.33. The van der Waals surface area contributed by atoms with E-state index in [2.05, 4.69) is 22.5 Å². The van der Waals surface area contributed by atoms with Crippen molar-refractivity contribution in [2.45, 2.75) is 52.6 Å². The van der Waals surface area contributed by atoms with Crippen LogP contribution in [0.3, 0.4) is 0 Å². The van der Waals surface area contributed by atoms with Crippen molar-refractivity contribution in [3.05, 3.63) is 18.2 Å². The fourth-order valence-corrected chi connectivity index (χ4v) is 1.57. The molecule has 94 valence electrons. The maximum Gasteiger partial charge on any atom is 0.110 e. The molecule has 17 heavy (non-hydrogen) atoms. The molecule has 1 heterocycles. The van der Waals surface area contributed by atoms with Crippen LogP contribution in [0.5, 0.6) is 0 Å². The van der Waals surface area contributed by atoms with Crippen LogP contribution in [0.1, 0.15) is 39.4 Å². The predicted molar refractivity (Wildman–Crippen MR) is 68.2 cm³/mol. The van der Waals surface area contributed by atoms with Crippen molar-refractivity contribution in [3.8, 4) is 6.07 Å². The van der Waals surface area contributed by atoms with Crippen molar-refractivity contribution in [2.75, 3.05) is 0 Å². The van der Waals surface area contributed by atoms with Gasteiger partial charge in [-0.3, -0.25) is 0 Å². The minimum atomic E-state index is -0.283. The van der Waals surface area contributed by atoms with E-state index in [-0.39, 0.29) is 11.5 Å². The second kappa shape index (κ2) is 5.83. The third-order valence-corrected chi connectivity index (χ3v) is 3.05. The van der Waals surface area contributed by atoms with E-state index in [0.717, 1.165) is 31.6 Å². The van der Waals surface area contributed by atoms with Crippen molar-refractivity contribution in [1.82, 2.24) is 9.55 Å². The molecule has 1 atom stereocenters. The first-order valence-corrected chi connectivity index (χ1v) is 6.15. The van der Waals surface area contributed by atoms with Gasteiger partial charge >= 0.3 is 0 Å². The number of nitrogens with zero attached hydrogens (tertiary/aromatic N) is 3. The van der Waals surface area contributed by atoms with Gasteiger partial charge < -0.3 is 10.3 Å². The molecule has 1 aromatic rings. The maximum atomic E-state index is 8.98. The van der Waals surface area contributed by atoms with Crippen LogP contribution in [0.2, 0.25) is 0 Å². The molecule has 0 aromatic carbocycles. The molecule has 0 saturated heterocycles. The Bertz CT molecular complexity index is 386. The van der Waals surface area contributed by atoms with Crippen LogP contribution in [-0.4, -0.2) is 15.6 Å². The van der Waals surface area contributed by atoms with E-state index in [0.29, 0.717) is 0 Å². The molecule has 0 spiro atoms. The highest BCUT2D eigenvalue weighted by atomic mass is 15.1. The number of nitriles is 1. The number of rotatable bonds is 6. The Morgan fingerprint density at radius 3 is 2.88 bits per heavy atom. The zero-order valence-electron chi connectivity index (χ0n) is 11.0. The third-order valence-electron chi connectivity index (χ3n) is 3.05. The van der Waals surface area contributed by atoms with Crippen LogP contribution in [0.4, 0.5) is 0 Å². The average Bonchev–Trinajstić information content (AvgIpc) is 2.74. The van der Waals surface area contributed by atoms with E-state index in [1.54, 1.807) is 6.20 Å². The smallest absolute Gasteiger partial charge is 0.110 e. The Balaban J connectivity index is 2.61. The number of imidazole rings is 1. The van der Waals surface area contributed by atoms with Gasteiger partial charge in [-0.1, -0.05) is 6.92 Å². The van der Waals surface area contributed by atoms with Crippen LogP contribution in [0, 0.1) is 16.7 Å². The first-order valence-electron chi connectivity index (χ1n) is 6.15. The molecule has 4 nitrogen and oxygen atoms in total. The predicted octanol–water partition coefficient (Wildman–Crippen LogP) is 2.10. The Kier molecular flexibility index (Phi) is 4.71. The van der Waals surface area contributed by atoms with Gasteiger partial charge in [0.15, 0.2) is 0 Å². The van der Waals surface area contributed by atoms with Crippen LogP contribution in [0.15, 0.2) is 12.4 Å². The molecule has 0 radical (unpaired) electrons. The average molecular weight is 234 g/mol. The Morgan fingerprint density at radius 2 is 2.29 bits per heavy atom. The van der Waals surface area contributed by atoms with Gasteiger partial charge in [0.2, 0.25) is 0 Å². The van der Waals surface area contributed by atoms with E-state index in [1.165, 1.54) is 0 Å². The van der Waals surface area contributed by atoms with Crippen LogP contribution < -0.4 is 5.73 Å². The zero-order chi connectivity index (χ0) is 12.9. The van der Waals surface area contributed by atoms with Crippen molar-refractivity contribution in [2.24, 2.45) is 11.1 Å². The Hall–Kier alpha value is -1.34. The minimum absolute atomic E-state index is 0.167. The lowest BCUT2D eigenvalue weighted by molar-refractivity contribution is 0.406. The molecule has 0 bridgehead atoms. The molecule has 0 saturated carbocycles. The highest BCUT2D eigenvalue weighted by Crippen LogP contribution is 2.20. The fourth-order valence-electron chi connectivity index (χ4n) is 1.57. The van der Waals surface area contributed by atoms with Crippen molar-refractivity contribution in [1.29, 1.82) is 5.26 Å². The summed E-state index contributed by atoms with van der Waals surface area (Å²) < 4.78 is 2.11. The minimum Gasteiger partial charge on any atom is -0.335 e. The van der Waals surface area contributed by atoms with Crippen molar-refractivity contribution < 1.29 is 0 Å². The summed E-state index contributed by atoms with van der Waals surface area (Å²) in [5.74, 6) is 1.02. The van der Waals surface area contributed by atoms with Gasteiger partial charge in [0, 0.05) is 31.4 Å². The highest BCUT2D eigenvalue weighted by Gasteiger charge is 2.17. The molecule has 2 N–H and O–H groups in total. The summed E-state index contributed by atoms with van der Waals surface area (Å²) in [6, 6.07) is 2.48. The largest absolute Gasteiger partial charge is 0.335 e. The summed E-state index contributed by atoms with van der Waals surface area (Å²) >= 11 is 0. The first-order chi connectivity index (χ1) is 7.98. The van der Waals surface area contributed by atoms with Crippen molar-refractivity contribution >= 4 is 0 Å². The van der Waals surface area contributed by atoms with Gasteiger partial charge in [0.05, 0.1) is 11.5 Å². The third kappa shape index (κ3) is 4.20. The molecule has 4 heteroatoms. The summed E-state index contributed by atoms with van der Waals surface area (Å²) in [6.07, 6.45) is 6.35. The zero-order valence-corrected chi connectivity index (χ0v) is 11.0. The first kappa shape index (κ1) is 13.7. The fraction of sp³-hybridized carbons (Fsp3) is 0.692. The lowest BCUT2D eigenvalue weighted by Gasteiger charge is -2.17. The standard InChI is InChI=1S/C13H22N4/c1-4-11(15)9-12-16-6-8-17(12)7-5-13(2,3)10-14/h6,8,11H,4-5,7,9,15H2,1-3H3. The summed E-state index contributed by atoms with van der Waals surface area (Å²) in [7, 11) is 0. The molecule has 0 aliphatic rings. The molecule has 1 unspecified atom stereocenters. The van der Waals surface area contributed by atoms with E-state index < -0.39 is 0 Å². The SMILES string of the molecule is CCC(N)Cc1nccn1CCC(C)(C)C#N. The van der Waals surface area contributed by atoms with Gasteiger partial charge in [-0.15, -0.1) is 0 Å². The molecule has 1 aromatic heterocycles. The molecule has 0 fully saturated rings. The topological polar surface area (TPSA) is 67.6 Å². The molecular formula is C13H22N4. The normalized spacial score (nSPS) is 13.4. The van der Waals surface area contributed by atoms with Gasteiger partial charge in [-0.25, -0.2) is 4.98 Å². The van der Waals surface area contributed by atoms with Gasteiger partial charge in [-0.2, -0.15) is 5.26 Å². The van der Waals surface area contributed by atoms with Gasteiger partial charge in [0.25, 0.3) is 0 Å². The molecule has 0 amide bonds. The van der Waals surface area contributed by atoms with Crippen LogP contribution in [-0.2, 0) is 13.0 Å².